The zero-order valence-electron chi connectivity index (χ0n) is 15.1. The normalized spacial score (nSPS) is 50.4. The van der Waals surface area contributed by atoms with Gasteiger partial charge in [-0.1, -0.05) is 26.3 Å². The van der Waals surface area contributed by atoms with E-state index >= 15 is 0 Å². The van der Waals surface area contributed by atoms with Gasteiger partial charge in [0.2, 0.25) is 0 Å². The fraction of sp³-hybridized carbons (Fsp3) is 0.850. The van der Waals surface area contributed by atoms with Gasteiger partial charge in [0.25, 0.3) is 0 Å². The second kappa shape index (κ2) is 5.31. The standard InChI is InChI=1S/C20H30O4/c1-13-11-15-16-18(2,17(21)24-15)7-4-8-19(16,3)20(13,22)9-5-14-6-10-23-12-14/h6,13,15-16,22H,4-5,7-12H2,1-3H3/t13-,15-,16?,18+,19-,20-/m1/s1. The summed E-state index contributed by atoms with van der Waals surface area (Å²) in [4.78, 5) is 12.6. The monoisotopic (exact) mass is 334 g/mol. The van der Waals surface area contributed by atoms with Crippen molar-refractivity contribution in [2.45, 2.75) is 71.0 Å². The smallest absolute Gasteiger partial charge is 0.312 e. The van der Waals surface area contributed by atoms with E-state index in [0.29, 0.717) is 13.2 Å². The van der Waals surface area contributed by atoms with E-state index in [-0.39, 0.29) is 29.3 Å². The maximum absolute atomic E-state index is 12.6. The number of ether oxygens (including phenoxy) is 2. The lowest BCUT2D eigenvalue weighted by molar-refractivity contribution is -0.217. The van der Waals surface area contributed by atoms with E-state index in [1.165, 1.54) is 5.57 Å². The van der Waals surface area contributed by atoms with Crippen LogP contribution in [0.4, 0.5) is 0 Å². The first kappa shape index (κ1) is 16.6. The van der Waals surface area contributed by atoms with Crippen LogP contribution in [0.15, 0.2) is 11.6 Å². The SMILES string of the molecule is C[C@@H]1C[C@H]2OC(=O)[C@@]3(C)CCC[C@](C)(C23)[C@@]1(O)CCC1=CCOC1. The van der Waals surface area contributed by atoms with E-state index in [4.69, 9.17) is 9.47 Å². The largest absolute Gasteiger partial charge is 0.462 e. The molecule has 2 aliphatic heterocycles. The van der Waals surface area contributed by atoms with Crippen molar-refractivity contribution in [2.75, 3.05) is 13.2 Å². The topological polar surface area (TPSA) is 55.8 Å². The number of hydrogen-bond donors (Lipinski definition) is 1. The molecule has 1 saturated heterocycles. The van der Waals surface area contributed by atoms with Gasteiger partial charge in [-0.3, -0.25) is 4.79 Å². The van der Waals surface area contributed by atoms with Crippen LogP contribution in [0, 0.1) is 22.7 Å². The molecule has 24 heavy (non-hydrogen) atoms. The first-order valence-corrected chi connectivity index (χ1v) is 9.50. The first-order valence-electron chi connectivity index (χ1n) is 9.50. The van der Waals surface area contributed by atoms with Gasteiger partial charge in [0.05, 0.1) is 24.2 Å². The quantitative estimate of drug-likeness (QED) is 0.636. The van der Waals surface area contributed by atoms with Crippen LogP contribution >= 0.6 is 0 Å². The van der Waals surface area contributed by atoms with Crippen molar-refractivity contribution in [2.24, 2.45) is 22.7 Å². The molecule has 0 amide bonds. The molecule has 4 aliphatic rings. The van der Waals surface area contributed by atoms with Crippen molar-refractivity contribution in [3.05, 3.63) is 11.6 Å². The summed E-state index contributed by atoms with van der Waals surface area (Å²) in [6, 6.07) is 0. The Morgan fingerprint density at radius 3 is 2.83 bits per heavy atom. The molecule has 0 bridgehead atoms. The summed E-state index contributed by atoms with van der Waals surface area (Å²) in [7, 11) is 0. The molecule has 0 radical (unpaired) electrons. The maximum atomic E-state index is 12.6. The molecule has 0 aromatic carbocycles. The molecule has 4 nitrogen and oxygen atoms in total. The highest BCUT2D eigenvalue weighted by molar-refractivity contribution is 5.80. The lowest BCUT2D eigenvalue weighted by Crippen LogP contribution is -2.65. The van der Waals surface area contributed by atoms with Gasteiger partial charge in [0.1, 0.15) is 6.10 Å². The minimum absolute atomic E-state index is 0.0166. The van der Waals surface area contributed by atoms with Crippen LogP contribution in [0.25, 0.3) is 0 Å². The van der Waals surface area contributed by atoms with Crippen molar-refractivity contribution in [3.8, 4) is 0 Å². The number of aliphatic hydroxyl groups is 1. The summed E-state index contributed by atoms with van der Waals surface area (Å²) in [6.45, 7) is 7.83. The van der Waals surface area contributed by atoms with Crippen LogP contribution in [-0.4, -0.2) is 36.0 Å². The fourth-order valence-corrected chi connectivity index (χ4v) is 6.49. The van der Waals surface area contributed by atoms with Crippen molar-refractivity contribution in [1.29, 1.82) is 0 Å². The maximum Gasteiger partial charge on any atom is 0.312 e. The van der Waals surface area contributed by atoms with Gasteiger partial charge in [-0.2, -0.15) is 0 Å². The van der Waals surface area contributed by atoms with E-state index in [2.05, 4.69) is 26.8 Å². The van der Waals surface area contributed by atoms with E-state index in [1.807, 2.05) is 0 Å². The van der Waals surface area contributed by atoms with E-state index in [0.717, 1.165) is 38.5 Å². The van der Waals surface area contributed by atoms with Crippen LogP contribution < -0.4 is 0 Å². The van der Waals surface area contributed by atoms with Gasteiger partial charge in [0.15, 0.2) is 0 Å². The first-order chi connectivity index (χ1) is 11.3. The van der Waals surface area contributed by atoms with Crippen molar-refractivity contribution in [1.82, 2.24) is 0 Å². The molecule has 0 aromatic rings. The Balaban J connectivity index is 1.68. The zero-order valence-corrected chi connectivity index (χ0v) is 15.1. The summed E-state index contributed by atoms with van der Waals surface area (Å²) >= 11 is 0. The third-order valence-electron chi connectivity index (χ3n) is 7.86. The molecule has 6 atom stereocenters. The van der Waals surface area contributed by atoms with Gasteiger partial charge in [-0.05, 0) is 50.5 Å². The molecule has 0 aromatic heterocycles. The van der Waals surface area contributed by atoms with Gasteiger partial charge < -0.3 is 14.6 Å². The van der Waals surface area contributed by atoms with E-state index < -0.39 is 11.0 Å². The Morgan fingerprint density at radius 2 is 2.12 bits per heavy atom. The Hall–Kier alpha value is -0.870. The number of rotatable bonds is 3. The molecule has 134 valence electrons. The Bertz CT molecular complexity index is 584. The number of carbonyl (C=O) groups is 1. The number of hydrogen-bond acceptors (Lipinski definition) is 4. The Kier molecular flexibility index (Phi) is 3.67. The third-order valence-corrected chi connectivity index (χ3v) is 7.86. The highest BCUT2D eigenvalue weighted by Crippen LogP contribution is 2.67. The van der Waals surface area contributed by atoms with Crippen LogP contribution in [0.2, 0.25) is 0 Å². The summed E-state index contributed by atoms with van der Waals surface area (Å²) in [6.07, 6.45) is 7.43. The van der Waals surface area contributed by atoms with Crippen molar-refractivity contribution >= 4 is 5.97 Å². The molecule has 0 spiro atoms. The molecular weight excluding hydrogens is 304 g/mol. The average molecular weight is 334 g/mol. The minimum atomic E-state index is -0.743. The molecule has 3 fully saturated rings. The van der Waals surface area contributed by atoms with Crippen LogP contribution in [0.5, 0.6) is 0 Å². The molecule has 2 heterocycles. The molecule has 4 rings (SSSR count). The summed E-state index contributed by atoms with van der Waals surface area (Å²) in [5.41, 5.74) is -0.109. The van der Waals surface area contributed by atoms with Crippen LogP contribution in [0.1, 0.15) is 59.3 Å². The summed E-state index contributed by atoms with van der Waals surface area (Å²) < 4.78 is 11.2. The second-order valence-corrected chi connectivity index (χ2v) is 9.05. The van der Waals surface area contributed by atoms with Crippen molar-refractivity contribution < 1.29 is 19.4 Å². The average Bonchev–Trinajstić information content (AvgIpc) is 3.12. The fourth-order valence-electron chi connectivity index (χ4n) is 6.49. The highest BCUT2D eigenvalue weighted by atomic mass is 16.6. The molecule has 4 heteroatoms. The van der Waals surface area contributed by atoms with E-state index in [9.17, 15) is 9.90 Å². The predicted molar refractivity (Wildman–Crippen MR) is 90.3 cm³/mol. The van der Waals surface area contributed by atoms with Crippen LogP contribution in [0.3, 0.4) is 0 Å². The molecular formula is C20H30O4. The van der Waals surface area contributed by atoms with Gasteiger partial charge in [-0.25, -0.2) is 0 Å². The number of carbonyl (C=O) groups excluding carboxylic acids is 1. The van der Waals surface area contributed by atoms with Gasteiger partial charge >= 0.3 is 5.97 Å². The molecule has 2 aliphatic carbocycles. The lowest BCUT2D eigenvalue weighted by atomic mass is 9.44. The zero-order chi connectivity index (χ0) is 17.2. The van der Waals surface area contributed by atoms with Crippen LogP contribution in [-0.2, 0) is 14.3 Å². The second-order valence-electron chi connectivity index (χ2n) is 9.05. The van der Waals surface area contributed by atoms with Gasteiger partial charge in [0, 0.05) is 11.3 Å². The molecule has 1 N–H and O–H groups in total. The predicted octanol–water partition coefficient (Wildman–Crippen LogP) is 3.23. The Labute approximate surface area is 144 Å². The summed E-state index contributed by atoms with van der Waals surface area (Å²) in [5, 5.41) is 11.9. The highest BCUT2D eigenvalue weighted by Gasteiger charge is 2.70. The summed E-state index contributed by atoms with van der Waals surface area (Å²) in [5.74, 6) is 0.243. The molecule has 1 unspecified atom stereocenters. The molecule has 2 saturated carbocycles. The number of esters is 1. The minimum Gasteiger partial charge on any atom is -0.462 e. The Morgan fingerprint density at radius 1 is 1.33 bits per heavy atom. The third kappa shape index (κ3) is 2.02. The van der Waals surface area contributed by atoms with Gasteiger partial charge in [-0.15, -0.1) is 0 Å². The lowest BCUT2D eigenvalue weighted by Gasteiger charge is -2.61. The van der Waals surface area contributed by atoms with E-state index in [1.54, 1.807) is 0 Å². The van der Waals surface area contributed by atoms with Crippen molar-refractivity contribution in [3.63, 3.8) is 0 Å².